The summed E-state index contributed by atoms with van der Waals surface area (Å²) in [6.07, 6.45) is 7.55. The molecule has 8 nitrogen and oxygen atoms in total. The summed E-state index contributed by atoms with van der Waals surface area (Å²) in [5.41, 5.74) is 3.95. The number of hydrogen-bond acceptors (Lipinski definition) is 7. The van der Waals surface area contributed by atoms with Gasteiger partial charge in [0.15, 0.2) is 0 Å². The normalized spacial score (nSPS) is 13.4. The van der Waals surface area contributed by atoms with Crippen molar-refractivity contribution in [3.63, 3.8) is 0 Å². The molecule has 0 saturated heterocycles. The molecule has 0 aliphatic heterocycles. The van der Waals surface area contributed by atoms with Crippen molar-refractivity contribution in [2.45, 2.75) is 48.7 Å². The van der Waals surface area contributed by atoms with Crippen LogP contribution in [0.25, 0.3) is 6.08 Å². The molecule has 0 saturated carbocycles. The minimum absolute atomic E-state index is 0.0751. The van der Waals surface area contributed by atoms with Gasteiger partial charge in [0.2, 0.25) is 5.91 Å². The minimum atomic E-state index is -0.680. The van der Waals surface area contributed by atoms with Gasteiger partial charge in [0.1, 0.15) is 15.9 Å². The average Bonchev–Trinajstić information content (AvgIpc) is 3.49. The predicted octanol–water partition coefficient (Wildman–Crippen LogP) is 9.08. The number of hydrogen-bond donors (Lipinski definition) is 3. The number of thioether (sulfide) groups is 1. The summed E-state index contributed by atoms with van der Waals surface area (Å²) in [5.74, 6) is -1.63. The first-order valence-corrected chi connectivity index (χ1v) is 18.9. The molecule has 6 rings (SSSR count). The summed E-state index contributed by atoms with van der Waals surface area (Å²) in [6.45, 7) is 0. The van der Waals surface area contributed by atoms with Gasteiger partial charge in [-0.15, -0.1) is 23.1 Å². The Hall–Kier alpha value is -5.45. The van der Waals surface area contributed by atoms with Gasteiger partial charge >= 0.3 is 5.97 Å². The van der Waals surface area contributed by atoms with Crippen LogP contribution >= 0.6 is 23.1 Å². The number of thiophene rings is 1. The zero-order chi connectivity index (χ0) is 36.3. The van der Waals surface area contributed by atoms with E-state index in [-0.39, 0.29) is 11.6 Å². The molecule has 1 heterocycles. The first-order chi connectivity index (χ1) is 25.4. The van der Waals surface area contributed by atoms with Gasteiger partial charge in [-0.2, -0.15) is 0 Å². The van der Waals surface area contributed by atoms with E-state index in [4.69, 9.17) is 4.74 Å². The van der Waals surface area contributed by atoms with Gasteiger partial charge in [-0.25, -0.2) is 4.79 Å². The lowest BCUT2D eigenvalue weighted by atomic mass is 9.96. The smallest absolute Gasteiger partial charge is 0.341 e. The van der Waals surface area contributed by atoms with Crippen LogP contribution in [-0.2, 0) is 27.2 Å². The monoisotopic (exact) mass is 729 g/mol. The molecule has 1 aliphatic carbocycles. The second-order valence-corrected chi connectivity index (χ2v) is 14.6. The number of carbonyl (C=O) groups excluding carboxylic acids is 4. The number of esters is 1. The fourth-order valence-corrected chi connectivity index (χ4v) is 8.41. The molecule has 1 aliphatic rings. The second-order valence-electron chi connectivity index (χ2n) is 12.3. The summed E-state index contributed by atoms with van der Waals surface area (Å²) in [5, 5.41) is 8.63. The Morgan fingerprint density at radius 2 is 1.44 bits per heavy atom. The minimum Gasteiger partial charge on any atom is -0.465 e. The standard InChI is InChI=1S/C42H39N3O5S2/c1-50-42(49)36-33-24-13-2-3-14-25-35(33)52-41(36)45-40(48)37(29-18-9-5-10-19-29)51-32-23-15-22-31(27-32)43-39(47)34(26-28-16-7-4-8-17-28)44-38(46)30-20-11-6-12-21-30/h4-12,15-23,26-27,37H,2-3,13-14,24-25H2,1H3,(H,43,47)(H,44,46)(H,45,48)/b34-26-. The molecule has 0 spiro atoms. The molecule has 3 amide bonds. The van der Waals surface area contributed by atoms with Crippen molar-refractivity contribution in [2.24, 2.45) is 0 Å². The maximum absolute atomic E-state index is 14.2. The van der Waals surface area contributed by atoms with Crippen LogP contribution in [0.2, 0.25) is 0 Å². The van der Waals surface area contributed by atoms with Crippen LogP contribution < -0.4 is 16.0 Å². The highest BCUT2D eigenvalue weighted by molar-refractivity contribution is 8.00. The summed E-state index contributed by atoms with van der Waals surface area (Å²) in [4.78, 5) is 55.9. The van der Waals surface area contributed by atoms with E-state index in [1.165, 1.54) is 30.2 Å². The summed E-state index contributed by atoms with van der Waals surface area (Å²) < 4.78 is 5.18. The Morgan fingerprint density at radius 3 is 2.15 bits per heavy atom. The fourth-order valence-electron chi connectivity index (χ4n) is 6.04. The number of carbonyl (C=O) groups is 4. The Morgan fingerprint density at radius 1 is 0.769 bits per heavy atom. The van der Waals surface area contributed by atoms with Gasteiger partial charge < -0.3 is 20.7 Å². The Bertz CT molecular complexity index is 2060. The van der Waals surface area contributed by atoms with Gasteiger partial charge in [0.05, 0.1) is 12.7 Å². The SMILES string of the molecule is COC(=O)c1c(NC(=O)C(Sc2cccc(NC(=O)/C(=C/c3ccccc3)NC(=O)c3ccccc3)c2)c2ccccc2)sc2c1CCCCCC2. The molecule has 1 unspecified atom stereocenters. The van der Waals surface area contributed by atoms with Gasteiger partial charge in [-0.05, 0) is 78.8 Å². The lowest BCUT2D eigenvalue weighted by Crippen LogP contribution is -2.30. The second kappa shape index (κ2) is 17.7. The van der Waals surface area contributed by atoms with E-state index in [1.807, 2.05) is 72.8 Å². The van der Waals surface area contributed by atoms with E-state index in [2.05, 4.69) is 16.0 Å². The highest BCUT2D eigenvalue weighted by Crippen LogP contribution is 2.41. The molecule has 0 bridgehead atoms. The maximum atomic E-state index is 14.2. The Kier molecular flexibility index (Phi) is 12.3. The molecule has 1 atom stereocenters. The molecular weight excluding hydrogens is 691 g/mol. The molecule has 10 heteroatoms. The van der Waals surface area contributed by atoms with Crippen molar-refractivity contribution in [3.8, 4) is 0 Å². The van der Waals surface area contributed by atoms with E-state index in [0.717, 1.165) is 65.0 Å². The van der Waals surface area contributed by atoms with Crippen molar-refractivity contribution in [2.75, 3.05) is 17.7 Å². The van der Waals surface area contributed by atoms with Crippen molar-refractivity contribution in [1.29, 1.82) is 0 Å². The van der Waals surface area contributed by atoms with Crippen molar-refractivity contribution in [3.05, 3.63) is 154 Å². The first kappa shape index (κ1) is 36.3. The van der Waals surface area contributed by atoms with Crippen molar-refractivity contribution >= 4 is 63.6 Å². The molecule has 264 valence electrons. The van der Waals surface area contributed by atoms with Gasteiger partial charge in [-0.3, -0.25) is 14.4 Å². The topological polar surface area (TPSA) is 114 Å². The number of ether oxygens (including phenoxy) is 1. The summed E-state index contributed by atoms with van der Waals surface area (Å²) >= 11 is 2.80. The van der Waals surface area contributed by atoms with Crippen LogP contribution in [0.5, 0.6) is 0 Å². The largest absolute Gasteiger partial charge is 0.465 e. The van der Waals surface area contributed by atoms with Crippen LogP contribution in [-0.4, -0.2) is 30.8 Å². The summed E-state index contributed by atoms with van der Waals surface area (Å²) in [7, 11) is 1.37. The third kappa shape index (κ3) is 9.25. The highest BCUT2D eigenvalue weighted by atomic mass is 32.2. The number of fused-ring (bicyclic) bond motifs is 1. The maximum Gasteiger partial charge on any atom is 0.341 e. The quantitative estimate of drug-likeness (QED) is 0.0711. The Labute approximate surface area is 311 Å². The van der Waals surface area contributed by atoms with Crippen LogP contribution in [0.3, 0.4) is 0 Å². The van der Waals surface area contributed by atoms with Gasteiger partial charge in [0, 0.05) is 21.0 Å². The van der Waals surface area contributed by atoms with E-state index >= 15 is 0 Å². The first-order valence-electron chi connectivity index (χ1n) is 17.2. The number of benzene rings is 4. The lowest BCUT2D eigenvalue weighted by molar-refractivity contribution is -0.116. The zero-order valence-electron chi connectivity index (χ0n) is 28.7. The number of aryl methyl sites for hydroxylation is 1. The van der Waals surface area contributed by atoms with E-state index in [1.54, 1.807) is 48.5 Å². The van der Waals surface area contributed by atoms with Gasteiger partial charge in [0.25, 0.3) is 11.8 Å². The molecule has 0 fully saturated rings. The number of nitrogens with one attached hydrogen (secondary N) is 3. The molecule has 4 aromatic carbocycles. The number of rotatable bonds is 11. The van der Waals surface area contributed by atoms with Crippen LogP contribution in [0, 0.1) is 0 Å². The predicted molar refractivity (Wildman–Crippen MR) is 209 cm³/mol. The number of methoxy groups -OCH3 is 1. The van der Waals surface area contributed by atoms with Crippen molar-refractivity contribution < 1.29 is 23.9 Å². The van der Waals surface area contributed by atoms with Crippen LogP contribution in [0.4, 0.5) is 10.7 Å². The third-order valence-electron chi connectivity index (χ3n) is 8.62. The van der Waals surface area contributed by atoms with E-state index < -0.39 is 23.0 Å². The summed E-state index contributed by atoms with van der Waals surface area (Å²) in [6, 6.07) is 34.6. The molecular formula is C42H39N3O5S2. The molecule has 5 aromatic rings. The Balaban J connectivity index is 1.24. The van der Waals surface area contributed by atoms with Crippen LogP contribution in [0.15, 0.2) is 126 Å². The average molecular weight is 730 g/mol. The molecule has 3 N–H and O–H groups in total. The molecule has 1 aromatic heterocycles. The highest BCUT2D eigenvalue weighted by Gasteiger charge is 2.29. The van der Waals surface area contributed by atoms with Crippen LogP contribution in [0.1, 0.15) is 73.2 Å². The molecule has 0 radical (unpaired) electrons. The third-order valence-corrected chi connectivity index (χ3v) is 11.1. The lowest BCUT2D eigenvalue weighted by Gasteiger charge is -2.18. The molecule has 52 heavy (non-hydrogen) atoms. The number of anilines is 2. The van der Waals surface area contributed by atoms with Gasteiger partial charge in [-0.1, -0.05) is 97.8 Å². The van der Waals surface area contributed by atoms with E-state index in [0.29, 0.717) is 21.8 Å². The fraction of sp³-hybridized carbons (Fsp3) is 0.190. The van der Waals surface area contributed by atoms with Crippen molar-refractivity contribution in [1.82, 2.24) is 5.32 Å². The number of amides is 3. The zero-order valence-corrected chi connectivity index (χ0v) is 30.4. The van der Waals surface area contributed by atoms with E-state index in [9.17, 15) is 19.2 Å².